The molecule has 1 N–H and O–H groups in total. The van der Waals surface area contributed by atoms with E-state index in [2.05, 4.69) is 58.7 Å². The van der Waals surface area contributed by atoms with Crippen molar-refractivity contribution in [3.8, 4) is 0 Å². The van der Waals surface area contributed by atoms with E-state index in [1.54, 1.807) is 0 Å². The van der Waals surface area contributed by atoms with Gasteiger partial charge in [0.05, 0.1) is 0 Å². The lowest BCUT2D eigenvalue weighted by molar-refractivity contribution is 0.0152. The Hall–Kier alpha value is -0.0800. The van der Waals surface area contributed by atoms with Crippen LogP contribution in [0.4, 0.5) is 0 Å². The summed E-state index contributed by atoms with van der Waals surface area (Å²) in [5, 5.41) is 3.75. The number of piperazine rings is 1. The van der Waals surface area contributed by atoms with Crippen molar-refractivity contribution in [1.29, 1.82) is 0 Å². The normalized spacial score (nSPS) is 28.7. The van der Waals surface area contributed by atoms with Crippen molar-refractivity contribution in [3.05, 3.63) is 0 Å². The summed E-state index contributed by atoms with van der Waals surface area (Å²) in [4.78, 5) is 2.77. The lowest BCUT2D eigenvalue weighted by Crippen LogP contribution is -2.62. The molecule has 108 valence electrons. The molecule has 1 heterocycles. The van der Waals surface area contributed by atoms with Crippen molar-refractivity contribution in [3.63, 3.8) is 0 Å². The van der Waals surface area contributed by atoms with Gasteiger partial charge in [-0.25, -0.2) is 0 Å². The predicted molar refractivity (Wildman–Crippen MR) is 80.9 cm³/mol. The smallest absolute Gasteiger partial charge is 0.0247 e. The molecule has 18 heavy (non-hydrogen) atoms. The third-order valence-corrected chi connectivity index (χ3v) is 4.63. The second-order valence-corrected chi connectivity index (χ2v) is 7.44. The zero-order chi connectivity index (χ0) is 13.9. The zero-order valence-electron chi connectivity index (χ0n) is 13.6. The molecule has 0 spiro atoms. The van der Waals surface area contributed by atoms with E-state index in [1.165, 1.54) is 19.4 Å². The molecule has 0 amide bonds. The van der Waals surface area contributed by atoms with E-state index in [4.69, 9.17) is 0 Å². The van der Waals surface area contributed by atoms with Crippen LogP contribution < -0.4 is 5.32 Å². The minimum absolute atomic E-state index is 0.362. The highest BCUT2D eigenvalue weighted by atomic mass is 15.3. The average Bonchev–Trinajstić information content (AvgIpc) is 2.26. The molecule has 2 nitrogen and oxygen atoms in total. The molecule has 0 radical (unpaired) electrons. The topological polar surface area (TPSA) is 15.3 Å². The Morgan fingerprint density at radius 3 is 2.28 bits per heavy atom. The van der Waals surface area contributed by atoms with Crippen molar-refractivity contribution in [2.24, 2.45) is 11.3 Å². The van der Waals surface area contributed by atoms with Gasteiger partial charge in [-0.05, 0) is 24.7 Å². The summed E-state index contributed by atoms with van der Waals surface area (Å²) in [5.41, 5.74) is 0.362. The van der Waals surface area contributed by atoms with Gasteiger partial charge in [-0.3, -0.25) is 4.90 Å². The van der Waals surface area contributed by atoms with Crippen LogP contribution in [0.1, 0.15) is 61.3 Å². The fourth-order valence-corrected chi connectivity index (χ4v) is 2.96. The van der Waals surface area contributed by atoms with Gasteiger partial charge < -0.3 is 5.32 Å². The average molecular weight is 254 g/mol. The lowest BCUT2D eigenvalue weighted by Gasteiger charge is -2.49. The van der Waals surface area contributed by atoms with Crippen molar-refractivity contribution >= 4 is 0 Å². The highest BCUT2D eigenvalue weighted by Gasteiger charge is 2.36. The molecule has 0 aromatic rings. The Morgan fingerprint density at radius 2 is 1.83 bits per heavy atom. The predicted octanol–water partition coefficient (Wildman–Crippen LogP) is 3.52. The maximum Gasteiger partial charge on any atom is 0.0247 e. The SMILES string of the molecule is CCCC1CN(C(C)C(C)(C)C)C(C(C)C)CN1. The van der Waals surface area contributed by atoms with Gasteiger partial charge in [-0.15, -0.1) is 0 Å². The third-order valence-electron chi connectivity index (χ3n) is 4.63. The summed E-state index contributed by atoms with van der Waals surface area (Å²) < 4.78 is 0. The maximum atomic E-state index is 3.75. The molecule has 3 unspecified atom stereocenters. The summed E-state index contributed by atoms with van der Waals surface area (Å²) in [5.74, 6) is 0.727. The van der Waals surface area contributed by atoms with Crippen LogP contribution in [0.2, 0.25) is 0 Å². The minimum Gasteiger partial charge on any atom is -0.311 e. The van der Waals surface area contributed by atoms with Gasteiger partial charge in [0, 0.05) is 31.2 Å². The molecule has 0 aromatic heterocycles. The molecule has 1 fully saturated rings. The van der Waals surface area contributed by atoms with E-state index >= 15 is 0 Å². The number of hydrogen-bond donors (Lipinski definition) is 1. The summed E-state index contributed by atoms with van der Waals surface area (Å²) >= 11 is 0. The molecule has 0 aliphatic carbocycles. The molecule has 1 aliphatic heterocycles. The van der Waals surface area contributed by atoms with E-state index in [0.29, 0.717) is 23.5 Å². The van der Waals surface area contributed by atoms with Crippen molar-refractivity contribution in [2.45, 2.75) is 79.4 Å². The number of rotatable bonds is 4. The zero-order valence-corrected chi connectivity index (χ0v) is 13.6. The maximum absolute atomic E-state index is 3.75. The van der Waals surface area contributed by atoms with E-state index in [9.17, 15) is 0 Å². The number of nitrogens with zero attached hydrogens (tertiary/aromatic N) is 1. The van der Waals surface area contributed by atoms with Crippen LogP contribution in [0.3, 0.4) is 0 Å². The van der Waals surface area contributed by atoms with Gasteiger partial charge in [-0.1, -0.05) is 48.0 Å². The molecule has 1 aliphatic rings. The first-order valence-electron chi connectivity index (χ1n) is 7.76. The van der Waals surface area contributed by atoms with Crippen molar-refractivity contribution in [1.82, 2.24) is 10.2 Å². The molecule has 1 rings (SSSR count). The summed E-state index contributed by atoms with van der Waals surface area (Å²) in [6.45, 7) is 18.9. The second-order valence-electron chi connectivity index (χ2n) is 7.44. The van der Waals surface area contributed by atoms with E-state index < -0.39 is 0 Å². The quantitative estimate of drug-likeness (QED) is 0.826. The molecule has 3 atom stereocenters. The second kappa shape index (κ2) is 6.38. The fourth-order valence-electron chi connectivity index (χ4n) is 2.96. The molecular weight excluding hydrogens is 220 g/mol. The Morgan fingerprint density at radius 1 is 1.22 bits per heavy atom. The van der Waals surface area contributed by atoms with Crippen molar-refractivity contribution < 1.29 is 0 Å². The first-order valence-corrected chi connectivity index (χ1v) is 7.76. The first-order chi connectivity index (χ1) is 8.27. The minimum atomic E-state index is 0.362. The van der Waals surface area contributed by atoms with Gasteiger partial charge in [0.15, 0.2) is 0 Å². The Balaban J connectivity index is 2.78. The van der Waals surface area contributed by atoms with Crippen LogP contribution in [0.5, 0.6) is 0 Å². The standard InChI is InChI=1S/C16H34N2/c1-8-9-14-11-18(13(4)16(5,6)7)15(10-17-14)12(2)3/h12-15,17H,8-11H2,1-7H3. The summed E-state index contributed by atoms with van der Waals surface area (Å²) in [7, 11) is 0. The van der Waals surface area contributed by atoms with Crippen LogP contribution in [-0.2, 0) is 0 Å². The van der Waals surface area contributed by atoms with Crippen LogP contribution >= 0.6 is 0 Å². The lowest BCUT2D eigenvalue weighted by atomic mass is 9.83. The molecule has 2 heteroatoms. The van der Waals surface area contributed by atoms with Crippen LogP contribution in [0, 0.1) is 11.3 Å². The van der Waals surface area contributed by atoms with Gasteiger partial charge in [-0.2, -0.15) is 0 Å². The summed E-state index contributed by atoms with van der Waals surface area (Å²) in [6.07, 6.45) is 2.58. The monoisotopic (exact) mass is 254 g/mol. The largest absolute Gasteiger partial charge is 0.311 e. The molecule has 1 saturated heterocycles. The molecule has 0 bridgehead atoms. The third kappa shape index (κ3) is 3.96. The van der Waals surface area contributed by atoms with E-state index in [1.807, 2.05) is 0 Å². The van der Waals surface area contributed by atoms with Gasteiger partial charge in [0.25, 0.3) is 0 Å². The molecule has 0 saturated carbocycles. The Labute approximate surface area is 115 Å². The first kappa shape index (κ1) is 16.0. The van der Waals surface area contributed by atoms with E-state index in [0.717, 1.165) is 12.5 Å². The number of nitrogens with one attached hydrogen (secondary N) is 1. The van der Waals surface area contributed by atoms with Crippen molar-refractivity contribution in [2.75, 3.05) is 13.1 Å². The highest BCUT2D eigenvalue weighted by molar-refractivity contribution is 4.93. The summed E-state index contributed by atoms with van der Waals surface area (Å²) in [6, 6.07) is 2.02. The van der Waals surface area contributed by atoms with Crippen LogP contribution in [-0.4, -0.2) is 36.1 Å². The van der Waals surface area contributed by atoms with Crippen LogP contribution in [0.25, 0.3) is 0 Å². The van der Waals surface area contributed by atoms with Gasteiger partial charge >= 0.3 is 0 Å². The highest BCUT2D eigenvalue weighted by Crippen LogP contribution is 2.29. The van der Waals surface area contributed by atoms with Gasteiger partial charge in [0.2, 0.25) is 0 Å². The number of hydrogen-bond acceptors (Lipinski definition) is 2. The van der Waals surface area contributed by atoms with E-state index in [-0.39, 0.29) is 0 Å². The van der Waals surface area contributed by atoms with Crippen LogP contribution in [0.15, 0.2) is 0 Å². The fraction of sp³-hybridized carbons (Fsp3) is 1.00. The Kier molecular flexibility index (Phi) is 5.67. The molecule has 0 aromatic carbocycles. The van der Waals surface area contributed by atoms with Gasteiger partial charge in [0.1, 0.15) is 0 Å². The molecular formula is C16H34N2. The Bertz CT molecular complexity index is 240.